The van der Waals surface area contributed by atoms with E-state index >= 15 is 0 Å². The molecule has 1 fully saturated rings. The first-order chi connectivity index (χ1) is 9.50. The van der Waals surface area contributed by atoms with E-state index < -0.39 is 11.6 Å². The minimum atomic E-state index is -1.01. The Kier molecular flexibility index (Phi) is 4.60. The zero-order valence-electron chi connectivity index (χ0n) is 11.9. The average molecular weight is 278 g/mol. The van der Waals surface area contributed by atoms with E-state index in [1.54, 1.807) is 6.07 Å². The molecule has 0 aromatic carbocycles. The molecule has 0 spiro atoms. The first kappa shape index (κ1) is 14.8. The number of pyridine rings is 1. The fourth-order valence-electron chi connectivity index (χ4n) is 2.70. The van der Waals surface area contributed by atoms with Gasteiger partial charge in [0.05, 0.1) is 11.3 Å². The van der Waals surface area contributed by atoms with Crippen molar-refractivity contribution in [1.29, 1.82) is 0 Å². The maximum Gasteiger partial charge on any atom is 0.339 e. The van der Waals surface area contributed by atoms with Crippen molar-refractivity contribution in [3.05, 3.63) is 23.5 Å². The number of aryl methyl sites for hydroxylation is 1. The van der Waals surface area contributed by atoms with Crippen molar-refractivity contribution in [2.45, 2.75) is 51.0 Å². The lowest BCUT2D eigenvalue weighted by atomic mass is 9.94. The van der Waals surface area contributed by atoms with Crippen molar-refractivity contribution in [1.82, 2.24) is 4.98 Å². The van der Waals surface area contributed by atoms with Crippen molar-refractivity contribution < 1.29 is 15.0 Å². The molecule has 5 nitrogen and oxygen atoms in total. The molecule has 20 heavy (non-hydrogen) atoms. The third-order valence-electron chi connectivity index (χ3n) is 3.91. The second-order valence-electron chi connectivity index (χ2n) is 5.67. The molecule has 110 valence electrons. The Balaban J connectivity index is 2.09. The monoisotopic (exact) mass is 278 g/mol. The average Bonchev–Trinajstić information content (AvgIpc) is 2.62. The fraction of sp³-hybridized carbons (Fsp3) is 0.600. The van der Waals surface area contributed by atoms with Gasteiger partial charge < -0.3 is 15.5 Å². The standard InChI is InChI=1S/C15H22N2O3/c1-11-8-13(12(9-16-11)14(18)19)17-10-15(20)6-4-2-3-5-7-15/h8-9,20H,2-7,10H2,1H3,(H,16,17)(H,18,19). The molecule has 0 bridgehead atoms. The zero-order valence-corrected chi connectivity index (χ0v) is 11.9. The first-order valence-electron chi connectivity index (χ1n) is 7.16. The molecule has 5 heteroatoms. The normalized spacial score (nSPS) is 18.3. The summed E-state index contributed by atoms with van der Waals surface area (Å²) >= 11 is 0. The van der Waals surface area contributed by atoms with Crippen LogP contribution in [0, 0.1) is 6.92 Å². The molecule has 0 amide bonds. The predicted molar refractivity (Wildman–Crippen MR) is 77.1 cm³/mol. The van der Waals surface area contributed by atoms with E-state index in [2.05, 4.69) is 10.3 Å². The molecule has 1 saturated carbocycles. The van der Waals surface area contributed by atoms with Crippen molar-refractivity contribution >= 4 is 11.7 Å². The maximum absolute atomic E-state index is 11.2. The van der Waals surface area contributed by atoms with Crippen LogP contribution in [-0.4, -0.2) is 33.3 Å². The minimum absolute atomic E-state index is 0.146. The maximum atomic E-state index is 11.2. The second-order valence-corrected chi connectivity index (χ2v) is 5.67. The number of rotatable bonds is 4. The van der Waals surface area contributed by atoms with Crippen LogP contribution in [0.1, 0.15) is 54.6 Å². The zero-order chi connectivity index (χ0) is 14.6. The summed E-state index contributed by atoms with van der Waals surface area (Å²) in [5.41, 5.74) is 0.699. The number of hydrogen-bond acceptors (Lipinski definition) is 4. The number of hydrogen-bond donors (Lipinski definition) is 3. The van der Waals surface area contributed by atoms with E-state index in [0.29, 0.717) is 12.2 Å². The van der Waals surface area contributed by atoms with Gasteiger partial charge in [-0.2, -0.15) is 0 Å². The van der Waals surface area contributed by atoms with Crippen LogP contribution >= 0.6 is 0 Å². The van der Waals surface area contributed by atoms with Crippen molar-refractivity contribution in [3.63, 3.8) is 0 Å². The topological polar surface area (TPSA) is 82.5 Å². The summed E-state index contributed by atoms with van der Waals surface area (Å²) in [5.74, 6) is -1.01. The SMILES string of the molecule is Cc1cc(NCC2(O)CCCCCC2)c(C(=O)O)cn1. The number of carboxylic acid groups (broad SMARTS) is 1. The highest BCUT2D eigenvalue weighted by molar-refractivity contribution is 5.93. The Hall–Kier alpha value is -1.62. The summed E-state index contributed by atoms with van der Waals surface area (Å²) < 4.78 is 0. The number of aliphatic hydroxyl groups is 1. The lowest BCUT2D eigenvalue weighted by molar-refractivity contribution is 0.0380. The van der Waals surface area contributed by atoms with E-state index in [0.717, 1.165) is 44.2 Å². The van der Waals surface area contributed by atoms with Crippen LogP contribution in [0.25, 0.3) is 0 Å². The number of aromatic carboxylic acids is 1. The quantitative estimate of drug-likeness (QED) is 0.737. The highest BCUT2D eigenvalue weighted by atomic mass is 16.4. The molecule has 0 saturated heterocycles. The molecule has 0 atom stereocenters. The fourth-order valence-corrected chi connectivity index (χ4v) is 2.70. The lowest BCUT2D eigenvalue weighted by Crippen LogP contribution is -2.36. The van der Waals surface area contributed by atoms with Gasteiger partial charge in [0.1, 0.15) is 5.56 Å². The summed E-state index contributed by atoms with van der Waals surface area (Å²) in [4.78, 5) is 15.2. The smallest absolute Gasteiger partial charge is 0.339 e. The number of nitrogens with zero attached hydrogens (tertiary/aromatic N) is 1. The second kappa shape index (κ2) is 6.22. The Morgan fingerprint density at radius 2 is 2.00 bits per heavy atom. The molecule has 3 N–H and O–H groups in total. The van der Waals surface area contributed by atoms with Crippen LogP contribution < -0.4 is 5.32 Å². The third kappa shape index (κ3) is 3.70. The summed E-state index contributed by atoms with van der Waals surface area (Å²) in [6.45, 7) is 2.20. The molecular weight excluding hydrogens is 256 g/mol. The van der Waals surface area contributed by atoms with Crippen LogP contribution in [0.4, 0.5) is 5.69 Å². The summed E-state index contributed by atoms with van der Waals surface area (Å²) in [6.07, 6.45) is 7.28. The van der Waals surface area contributed by atoms with E-state index in [4.69, 9.17) is 5.11 Å². The van der Waals surface area contributed by atoms with Crippen LogP contribution in [0.2, 0.25) is 0 Å². The molecule has 0 unspecified atom stereocenters. The number of carboxylic acids is 1. The summed E-state index contributed by atoms with van der Waals surface area (Å²) in [6, 6.07) is 1.71. The van der Waals surface area contributed by atoms with Crippen LogP contribution in [0.15, 0.2) is 12.3 Å². The van der Waals surface area contributed by atoms with Gasteiger partial charge in [-0.05, 0) is 25.8 Å². The number of carbonyl (C=O) groups is 1. The van der Waals surface area contributed by atoms with Gasteiger partial charge in [-0.15, -0.1) is 0 Å². The molecule has 1 aromatic heterocycles. The number of nitrogens with one attached hydrogen (secondary N) is 1. The number of anilines is 1. The van der Waals surface area contributed by atoms with Crippen molar-refractivity contribution in [3.8, 4) is 0 Å². The van der Waals surface area contributed by atoms with Gasteiger partial charge in [0.15, 0.2) is 0 Å². The third-order valence-corrected chi connectivity index (χ3v) is 3.91. The highest BCUT2D eigenvalue weighted by Gasteiger charge is 2.28. The Labute approximate surface area is 119 Å². The van der Waals surface area contributed by atoms with Crippen LogP contribution in [-0.2, 0) is 0 Å². The highest BCUT2D eigenvalue weighted by Crippen LogP contribution is 2.28. The van der Waals surface area contributed by atoms with Gasteiger partial charge in [0, 0.05) is 18.4 Å². The van der Waals surface area contributed by atoms with E-state index in [1.807, 2.05) is 6.92 Å². The molecule has 1 aliphatic carbocycles. The van der Waals surface area contributed by atoms with E-state index in [-0.39, 0.29) is 5.56 Å². The van der Waals surface area contributed by atoms with Crippen LogP contribution in [0.3, 0.4) is 0 Å². The van der Waals surface area contributed by atoms with Gasteiger partial charge in [-0.3, -0.25) is 4.98 Å². The lowest BCUT2D eigenvalue weighted by Gasteiger charge is -2.27. The predicted octanol–water partition coefficient (Wildman–Crippen LogP) is 2.59. The largest absolute Gasteiger partial charge is 0.478 e. The molecule has 0 aliphatic heterocycles. The molecule has 1 heterocycles. The Bertz CT molecular complexity index is 480. The number of aromatic nitrogens is 1. The van der Waals surface area contributed by atoms with Gasteiger partial charge in [-0.25, -0.2) is 4.79 Å². The summed E-state index contributed by atoms with van der Waals surface area (Å²) in [5, 5.41) is 22.8. The molecular formula is C15H22N2O3. The van der Waals surface area contributed by atoms with Gasteiger partial charge in [-0.1, -0.05) is 25.7 Å². The van der Waals surface area contributed by atoms with E-state index in [1.165, 1.54) is 6.20 Å². The summed E-state index contributed by atoms with van der Waals surface area (Å²) in [7, 11) is 0. The van der Waals surface area contributed by atoms with Crippen LogP contribution in [0.5, 0.6) is 0 Å². The molecule has 1 aromatic rings. The molecule has 0 radical (unpaired) electrons. The minimum Gasteiger partial charge on any atom is -0.478 e. The molecule has 2 rings (SSSR count). The first-order valence-corrected chi connectivity index (χ1v) is 7.16. The molecule has 1 aliphatic rings. The van der Waals surface area contributed by atoms with E-state index in [9.17, 15) is 9.90 Å². The van der Waals surface area contributed by atoms with Gasteiger partial charge in [0.25, 0.3) is 0 Å². The van der Waals surface area contributed by atoms with Crippen molar-refractivity contribution in [2.24, 2.45) is 0 Å². The Morgan fingerprint density at radius 3 is 2.60 bits per heavy atom. The van der Waals surface area contributed by atoms with Gasteiger partial charge >= 0.3 is 5.97 Å². The Morgan fingerprint density at radius 1 is 1.35 bits per heavy atom. The van der Waals surface area contributed by atoms with Gasteiger partial charge in [0.2, 0.25) is 0 Å². The van der Waals surface area contributed by atoms with Crippen molar-refractivity contribution in [2.75, 3.05) is 11.9 Å².